The first kappa shape index (κ1) is 26.3. The lowest BCUT2D eigenvalue weighted by molar-refractivity contribution is -0.191. The Labute approximate surface area is 206 Å². The molecular formula is C22H26N10O4. The number of carbonyl (C=O) groups is 2. The Kier molecular flexibility index (Phi) is 9.87. The smallest absolute Gasteiger partial charge is 0.254 e. The molecule has 4 aromatic heterocycles. The van der Waals surface area contributed by atoms with Gasteiger partial charge in [0.15, 0.2) is 11.6 Å². The number of hydrogen-bond donors (Lipinski definition) is 3. The molecule has 0 saturated carbocycles. The second kappa shape index (κ2) is 13.5. The van der Waals surface area contributed by atoms with Gasteiger partial charge in [-0.25, -0.2) is 25.2 Å². The molecule has 1 aliphatic rings. The van der Waals surface area contributed by atoms with Crippen molar-refractivity contribution in [1.82, 2.24) is 34.6 Å². The van der Waals surface area contributed by atoms with Crippen LogP contribution in [0.1, 0.15) is 24.0 Å². The van der Waals surface area contributed by atoms with Gasteiger partial charge in [-0.3, -0.25) is 30.9 Å². The molecule has 0 aliphatic carbocycles. The third-order valence-corrected chi connectivity index (χ3v) is 4.71. The predicted molar refractivity (Wildman–Crippen MR) is 126 cm³/mol. The summed E-state index contributed by atoms with van der Waals surface area (Å²) in [5, 5.41) is 8.97. The number of aromatic nitrogens is 6. The molecule has 1 aliphatic heterocycles. The number of nitrogens with zero attached hydrogens (tertiary/aromatic N) is 7. The van der Waals surface area contributed by atoms with Crippen LogP contribution in [0, 0.1) is 0 Å². The van der Waals surface area contributed by atoms with Crippen molar-refractivity contribution in [1.29, 1.82) is 0 Å². The first-order chi connectivity index (χ1) is 17.6. The van der Waals surface area contributed by atoms with Crippen molar-refractivity contribution in [3.05, 3.63) is 84.7 Å². The topological polar surface area (TPSA) is 195 Å². The van der Waals surface area contributed by atoms with Crippen molar-refractivity contribution in [3.8, 4) is 11.6 Å². The van der Waals surface area contributed by atoms with E-state index in [4.69, 9.17) is 10.7 Å². The molecule has 0 aromatic carbocycles. The van der Waals surface area contributed by atoms with Crippen LogP contribution in [0.3, 0.4) is 0 Å². The van der Waals surface area contributed by atoms with E-state index in [0.29, 0.717) is 12.4 Å². The number of hydrogen-bond acceptors (Lipinski definition) is 11. The highest BCUT2D eigenvalue weighted by molar-refractivity contribution is 6.00. The maximum atomic E-state index is 11.4. The fourth-order valence-corrected chi connectivity index (χ4v) is 3.02. The van der Waals surface area contributed by atoms with Crippen LogP contribution >= 0.6 is 0 Å². The lowest BCUT2D eigenvalue weighted by Gasteiger charge is -2.13. The monoisotopic (exact) mass is 494 g/mol. The number of imide groups is 1. The highest BCUT2D eigenvalue weighted by Gasteiger charge is 2.30. The molecule has 0 bridgehead atoms. The van der Waals surface area contributed by atoms with Gasteiger partial charge in [-0.15, -0.1) is 0 Å². The Morgan fingerprint density at radius 2 is 1.28 bits per heavy atom. The number of hydroxylamine groups is 2. The molecule has 2 amide bonds. The summed E-state index contributed by atoms with van der Waals surface area (Å²) < 4.78 is 3.32. The molecule has 1 fully saturated rings. The summed E-state index contributed by atoms with van der Waals surface area (Å²) in [6, 6.07) is 11.0. The number of carbonyl (C=O) groups excluding carboxylic acids is 2. The second-order valence-corrected chi connectivity index (χ2v) is 7.12. The van der Waals surface area contributed by atoms with E-state index in [0.717, 1.165) is 22.0 Å². The first-order valence-electron chi connectivity index (χ1n) is 10.7. The number of amides is 2. The van der Waals surface area contributed by atoms with E-state index < -0.39 is 0 Å². The maximum Gasteiger partial charge on any atom is 0.254 e. The van der Waals surface area contributed by atoms with Crippen LogP contribution in [0.2, 0.25) is 0 Å². The summed E-state index contributed by atoms with van der Waals surface area (Å²) in [6.45, 7) is 0.496. The molecule has 5 rings (SSSR count). The van der Waals surface area contributed by atoms with E-state index in [9.17, 15) is 9.59 Å². The van der Waals surface area contributed by atoms with Gasteiger partial charge in [0.2, 0.25) is 0 Å². The van der Waals surface area contributed by atoms with Crippen LogP contribution in [0.25, 0.3) is 11.6 Å². The minimum Gasteiger partial charge on any atom is -0.300 e. The minimum atomic E-state index is -0.295. The van der Waals surface area contributed by atoms with Crippen molar-refractivity contribution in [2.24, 2.45) is 17.6 Å². The van der Waals surface area contributed by atoms with E-state index in [1.165, 1.54) is 0 Å². The van der Waals surface area contributed by atoms with E-state index in [1.54, 1.807) is 46.4 Å². The lowest BCUT2D eigenvalue weighted by atomic mass is 10.3. The van der Waals surface area contributed by atoms with Gasteiger partial charge in [0.05, 0.1) is 6.61 Å². The van der Waals surface area contributed by atoms with Crippen molar-refractivity contribution in [2.75, 3.05) is 0 Å². The molecule has 14 nitrogen and oxygen atoms in total. The van der Waals surface area contributed by atoms with E-state index in [1.807, 2.05) is 36.5 Å². The van der Waals surface area contributed by atoms with E-state index >= 15 is 0 Å². The predicted octanol–water partition coefficient (Wildman–Crippen LogP) is 0.324. The Bertz CT molecular complexity index is 1180. The summed E-state index contributed by atoms with van der Waals surface area (Å²) in [7, 11) is 0. The second-order valence-electron chi connectivity index (χ2n) is 7.12. The normalized spacial score (nSPS) is 12.6. The SMILES string of the molecule is NN.NOCc1ccc(-n2cccn2)nc1.O=C1CCC(=O)N1OCc1ccc(-n2cccn2)nc1. The van der Waals surface area contributed by atoms with Crippen LogP contribution in [0.4, 0.5) is 0 Å². The zero-order chi connectivity index (χ0) is 25.8. The molecule has 5 heterocycles. The van der Waals surface area contributed by atoms with Crippen molar-refractivity contribution in [3.63, 3.8) is 0 Å². The van der Waals surface area contributed by atoms with Gasteiger partial charge in [0.25, 0.3) is 11.8 Å². The van der Waals surface area contributed by atoms with Gasteiger partial charge in [-0.1, -0.05) is 12.1 Å². The van der Waals surface area contributed by atoms with Crippen LogP contribution in [0.5, 0.6) is 0 Å². The average Bonchev–Trinajstić information content (AvgIpc) is 3.70. The summed E-state index contributed by atoms with van der Waals surface area (Å²) in [6.07, 6.45) is 10.8. The van der Waals surface area contributed by atoms with E-state index in [-0.39, 0.29) is 31.3 Å². The van der Waals surface area contributed by atoms with E-state index in [2.05, 4.69) is 36.7 Å². The summed E-state index contributed by atoms with van der Waals surface area (Å²) >= 11 is 0. The first-order valence-corrected chi connectivity index (χ1v) is 10.7. The summed E-state index contributed by atoms with van der Waals surface area (Å²) in [4.78, 5) is 40.9. The molecule has 14 heteroatoms. The van der Waals surface area contributed by atoms with Crippen LogP contribution < -0.4 is 17.6 Å². The molecule has 4 aromatic rings. The Morgan fingerprint density at radius 3 is 1.67 bits per heavy atom. The number of rotatable bonds is 7. The van der Waals surface area contributed by atoms with Crippen LogP contribution in [-0.4, -0.2) is 46.4 Å². The zero-order valence-electron chi connectivity index (χ0n) is 19.3. The molecule has 6 N–H and O–H groups in total. The molecule has 0 spiro atoms. The van der Waals surface area contributed by atoms with Gasteiger partial charge in [0, 0.05) is 50.0 Å². The third kappa shape index (κ3) is 7.08. The molecular weight excluding hydrogens is 468 g/mol. The highest BCUT2D eigenvalue weighted by Crippen LogP contribution is 2.14. The van der Waals surface area contributed by atoms with Crippen LogP contribution in [-0.2, 0) is 32.5 Å². The maximum absolute atomic E-state index is 11.4. The van der Waals surface area contributed by atoms with Gasteiger partial charge in [-0.05, 0) is 35.4 Å². The van der Waals surface area contributed by atoms with Gasteiger partial charge >= 0.3 is 0 Å². The van der Waals surface area contributed by atoms with Crippen LogP contribution in [0.15, 0.2) is 73.6 Å². The molecule has 0 atom stereocenters. The minimum absolute atomic E-state index is 0.129. The Balaban J connectivity index is 0.000000198. The molecule has 0 unspecified atom stereocenters. The average molecular weight is 495 g/mol. The molecule has 188 valence electrons. The standard InChI is InChI=1S/C13H12N4O3.C9H10N4O.H4N2/c18-12-4-5-13(19)17(12)20-9-10-2-3-11(14-8-10)16-7-1-6-15-16;10-14-7-8-2-3-9(11-6-8)13-5-1-4-12-13;1-2/h1-3,6-8H,4-5,9H2;1-6H,7,10H2;1-2H2. The summed E-state index contributed by atoms with van der Waals surface area (Å²) in [5.41, 5.74) is 1.71. The zero-order valence-corrected chi connectivity index (χ0v) is 19.3. The molecule has 1 saturated heterocycles. The van der Waals surface area contributed by atoms with Gasteiger partial charge in [-0.2, -0.15) is 15.3 Å². The van der Waals surface area contributed by atoms with Crippen molar-refractivity contribution >= 4 is 11.8 Å². The largest absolute Gasteiger partial charge is 0.300 e. The van der Waals surface area contributed by atoms with Crippen molar-refractivity contribution < 1.29 is 19.3 Å². The molecule has 36 heavy (non-hydrogen) atoms. The number of pyridine rings is 2. The summed E-state index contributed by atoms with van der Waals surface area (Å²) in [5.74, 6) is 13.8. The van der Waals surface area contributed by atoms with Gasteiger partial charge in [0.1, 0.15) is 6.61 Å². The van der Waals surface area contributed by atoms with Crippen molar-refractivity contribution in [2.45, 2.75) is 26.1 Å². The number of nitrogens with two attached hydrogens (primary N) is 3. The lowest BCUT2D eigenvalue weighted by Crippen LogP contribution is -2.29. The molecule has 0 radical (unpaired) electrons. The Morgan fingerprint density at radius 1 is 0.778 bits per heavy atom. The highest BCUT2D eigenvalue weighted by atomic mass is 16.7. The quantitative estimate of drug-likeness (QED) is 0.182. The fourth-order valence-electron chi connectivity index (χ4n) is 3.02. The van der Waals surface area contributed by atoms with Gasteiger partial charge < -0.3 is 0 Å². The number of hydrazine groups is 1. The Hall–Kier alpha value is -4.34. The third-order valence-electron chi connectivity index (χ3n) is 4.71. The fraction of sp³-hybridized carbons (Fsp3) is 0.182.